The third-order valence-corrected chi connectivity index (χ3v) is 4.63. The lowest BCUT2D eigenvalue weighted by atomic mass is 9.99. The molecule has 4 heteroatoms. The summed E-state index contributed by atoms with van der Waals surface area (Å²) in [5.41, 5.74) is 7.73. The Labute approximate surface area is 117 Å². The molecule has 0 radical (unpaired) electrons. The van der Waals surface area contributed by atoms with Crippen molar-refractivity contribution < 1.29 is 9.21 Å². The first-order valence-corrected chi connectivity index (χ1v) is 7.24. The Morgan fingerprint density at radius 2 is 2.10 bits per heavy atom. The predicted octanol–water partition coefficient (Wildman–Crippen LogP) is 2.24. The molecule has 2 fully saturated rings. The van der Waals surface area contributed by atoms with Crippen LogP contribution in [-0.2, 0) is 0 Å². The monoisotopic (exact) mass is 270 g/mol. The third-order valence-electron chi connectivity index (χ3n) is 4.63. The highest BCUT2D eigenvalue weighted by Gasteiger charge is 2.42. The smallest absolute Gasteiger partial charge is 0.253 e. The lowest BCUT2D eigenvalue weighted by Crippen LogP contribution is -2.32. The van der Waals surface area contributed by atoms with Crippen LogP contribution in [0.4, 0.5) is 0 Å². The van der Waals surface area contributed by atoms with Gasteiger partial charge in [-0.3, -0.25) is 4.79 Å². The summed E-state index contributed by atoms with van der Waals surface area (Å²) in [7, 11) is 0. The Kier molecular flexibility index (Phi) is 2.60. The number of nitrogens with zero attached hydrogens (tertiary/aromatic N) is 1. The zero-order chi connectivity index (χ0) is 13.7. The van der Waals surface area contributed by atoms with Crippen molar-refractivity contribution in [3.63, 3.8) is 0 Å². The number of hydrogen-bond donors (Lipinski definition) is 1. The van der Waals surface area contributed by atoms with E-state index >= 15 is 0 Å². The number of likely N-dealkylation sites (tertiary alicyclic amines) is 1. The Balaban J connectivity index is 1.57. The fraction of sp³-hybridized carbons (Fsp3) is 0.438. The molecule has 1 aromatic heterocycles. The van der Waals surface area contributed by atoms with Crippen LogP contribution >= 0.6 is 0 Å². The number of amides is 1. The topological polar surface area (TPSA) is 59.5 Å². The number of furan rings is 1. The van der Waals surface area contributed by atoms with Gasteiger partial charge in [0.1, 0.15) is 5.58 Å². The van der Waals surface area contributed by atoms with Gasteiger partial charge in [-0.05, 0) is 48.9 Å². The van der Waals surface area contributed by atoms with Crippen LogP contribution in [0.2, 0.25) is 0 Å². The summed E-state index contributed by atoms with van der Waals surface area (Å²) >= 11 is 0. The molecular weight excluding hydrogens is 252 g/mol. The lowest BCUT2D eigenvalue weighted by Gasteiger charge is -2.16. The molecule has 2 N–H and O–H groups in total. The molecule has 1 aliphatic carbocycles. The molecule has 2 aliphatic rings. The van der Waals surface area contributed by atoms with Gasteiger partial charge in [0.2, 0.25) is 0 Å². The van der Waals surface area contributed by atoms with Gasteiger partial charge < -0.3 is 15.1 Å². The van der Waals surface area contributed by atoms with E-state index in [1.807, 2.05) is 29.2 Å². The SMILES string of the molecule is N[C@H]1CN(C(=O)c2ccc3occc3c2)C[C@@H]1C1CC1. The van der Waals surface area contributed by atoms with E-state index in [1.54, 1.807) is 6.26 Å². The molecule has 2 aromatic rings. The van der Waals surface area contributed by atoms with Crippen LogP contribution < -0.4 is 5.73 Å². The molecule has 0 bridgehead atoms. The van der Waals surface area contributed by atoms with Gasteiger partial charge >= 0.3 is 0 Å². The van der Waals surface area contributed by atoms with E-state index in [0.717, 1.165) is 29.0 Å². The average Bonchev–Trinajstić information content (AvgIpc) is 3.06. The molecule has 4 nitrogen and oxygen atoms in total. The summed E-state index contributed by atoms with van der Waals surface area (Å²) in [4.78, 5) is 14.5. The van der Waals surface area contributed by atoms with Crippen molar-refractivity contribution in [3.8, 4) is 0 Å². The fourth-order valence-corrected chi connectivity index (χ4v) is 3.33. The van der Waals surface area contributed by atoms with Crippen LogP contribution in [-0.4, -0.2) is 29.9 Å². The van der Waals surface area contributed by atoms with Crippen LogP contribution in [0.1, 0.15) is 23.2 Å². The van der Waals surface area contributed by atoms with Crippen LogP contribution in [0.5, 0.6) is 0 Å². The summed E-state index contributed by atoms with van der Waals surface area (Å²) in [6, 6.07) is 7.62. The molecule has 0 spiro atoms. The quantitative estimate of drug-likeness (QED) is 0.910. The Morgan fingerprint density at radius 3 is 2.90 bits per heavy atom. The molecule has 1 saturated carbocycles. The first-order valence-electron chi connectivity index (χ1n) is 7.24. The maximum atomic E-state index is 12.6. The molecular formula is C16H18N2O2. The predicted molar refractivity (Wildman–Crippen MR) is 76.3 cm³/mol. The second-order valence-electron chi connectivity index (χ2n) is 6.05. The van der Waals surface area contributed by atoms with Crippen molar-refractivity contribution in [1.82, 2.24) is 4.90 Å². The number of hydrogen-bond acceptors (Lipinski definition) is 3. The maximum Gasteiger partial charge on any atom is 0.253 e. The zero-order valence-electron chi connectivity index (χ0n) is 11.3. The van der Waals surface area contributed by atoms with Gasteiger partial charge in [-0.15, -0.1) is 0 Å². The Hall–Kier alpha value is -1.81. The number of carbonyl (C=O) groups excluding carboxylic acids is 1. The number of benzene rings is 1. The second-order valence-corrected chi connectivity index (χ2v) is 6.05. The molecule has 2 atom stereocenters. The van der Waals surface area contributed by atoms with Crippen molar-refractivity contribution in [2.45, 2.75) is 18.9 Å². The Bertz CT molecular complexity index is 659. The molecule has 1 saturated heterocycles. The van der Waals surface area contributed by atoms with Crippen LogP contribution in [0, 0.1) is 11.8 Å². The van der Waals surface area contributed by atoms with Crippen molar-refractivity contribution >= 4 is 16.9 Å². The molecule has 0 unspecified atom stereocenters. The molecule has 1 amide bonds. The van der Waals surface area contributed by atoms with E-state index in [2.05, 4.69) is 0 Å². The molecule has 20 heavy (non-hydrogen) atoms. The van der Waals surface area contributed by atoms with Crippen molar-refractivity contribution in [1.29, 1.82) is 0 Å². The first-order chi connectivity index (χ1) is 9.72. The van der Waals surface area contributed by atoms with Crippen molar-refractivity contribution in [2.24, 2.45) is 17.6 Å². The van der Waals surface area contributed by atoms with Gasteiger partial charge in [0.25, 0.3) is 5.91 Å². The standard InChI is InChI=1S/C16H18N2O2/c17-14-9-18(8-13(14)10-1-2-10)16(19)12-3-4-15-11(7-12)5-6-20-15/h3-7,10,13-14H,1-2,8-9,17H2/t13-,14+/m1/s1. The number of nitrogens with two attached hydrogens (primary N) is 1. The van der Waals surface area contributed by atoms with E-state index < -0.39 is 0 Å². The van der Waals surface area contributed by atoms with Crippen LogP contribution in [0.15, 0.2) is 34.9 Å². The summed E-state index contributed by atoms with van der Waals surface area (Å²) in [6.45, 7) is 1.50. The highest BCUT2D eigenvalue weighted by atomic mass is 16.3. The second kappa shape index (κ2) is 4.35. The summed E-state index contributed by atoms with van der Waals surface area (Å²) < 4.78 is 5.31. The molecule has 4 rings (SSSR count). The third kappa shape index (κ3) is 1.91. The van der Waals surface area contributed by atoms with Gasteiger partial charge in [0, 0.05) is 30.1 Å². The molecule has 104 valence electrons. The first kappa shape index (κ1) is 12.0. The van der Waals surface area contributed by atoms with Gasteiger partial charge in [0.15, 0.2) is 0 Å². The van der Waals surface area contributed by atoms with E-state index in [9.17, 15) is 4.79 Å². The zero-order valence-corrected chi connectivity index (χ0v) is 11.3. The van der Waals surface area contributed by atoms with Crippen molar-refractivity contribution in [2.75, 3.05) is 13.1 Å². The van der Waals surface area contributed by atoms with Crippen LogP contribution in [0.3, 0.4) is 0 Å². The minimum atomic E-state index is 0.0895. The maximum absolute atomic E-state index is 12.6. The highest BCUT2D eigenvalue weighted by molar-refractivity contribution is 5.97. The van der Waals surface area contributed by atoms with Crippen LogP contribution in [0.25, 0.3) is 11.0 Å². The summed E-state index contributed by atoms with van der Waals surface area (Å²) in [6.07, 6.45) is 4.20. The number of fused-ring (bicyclic) bond motifs is 1. The Morgan fingerprint density at radius 1 is 1.25 bits per heavy atom. The normalized spacial score (nSPS) is 26.4. The molecule has 1 aromatic carbocycles. The van der Waals surface area contributed by atoms with Gasteiger partial charge in [-0.1, -0.05) is 0 Å². The number of rotatable bonds is 2. The molecule has 2 heterocycles. The summed E-state index contributed by atoms with van der Waals surface area (Å²) in [5.74, 6) is 1.34. The van der Waals surface area contributed by atoms with Gasteiger partial charge in [0.05, 0.1) is 6.26 Å². The van der Waals surface area contributed by atoms with E-state index in [-0.39, 0.29) is 11.9 Å². The van der Waals surface area contributed by atoms with E-state index in [1.165, 1.54) is 12.8 Å². The summed E-state index contributed by atoms with van der Waals surface area (Å²) in [5, 5.41) is 0.970. The van der Waals surface area contributed by atoms with Gasteiger partial charge in [-0.2, -0.15) is 0 Å². The van der Waals surface area contributed by atoms with E-state index in [0.29, 0.717) is 12.5 Å². The minimum Gasteiger partial charge on any atom is -0.464 e. The van der Waals surface area contributed by atoms with Gasteiger partial charge in [-0.25, -0.2) is 0 Å². The largest absolute Gasteiger partial charge is 0.464 e. The average molecular weight is 270 g/mol. The highest BCUT2D eigenvalue weighted by Crippen LogP contribution is 2.41. The molecule has 1 aliphatic heterocycles. The fourth-order valence-electron chi connectivity index (χ4n) is 3.33. The lowest BCUT2D eigenvalue weighted by molar-refractivity contribution is 0.0785. The van der Waals surface area contributed by atoms with E-state index in [4.69, 9.17) is 10.2 Å². The number of carbonyl (C=O) groups is 1. The van der Waals surface area contributed by atoms with Crippen molar-refractivity contribution in [3.05, 3.63) is 36.1 Å². The minimum absolute atomic E-state index is 0.0895.